The lowest BCUT2D eigenvalue weighted by molar-refractivity contribution is 0.385. The monoisotopic (exact) mass is 456 g/mol. The van der Waals surface area contributed by atoms with E-state index in [1.807, 2.05) is 0 Å². The summed E-state index contributed by atoms with van der Waals surface area (Å²) in [7, 11) is 3.28. The van der Waals surface area contributed by atoms with Crippen molar-refractivity contribution in [3.8, 4) is 17.2 Å². The van der Waals surface area contributed by atoms with Crippen molar-refractivity contribution >= 4 is 27.4 Å². The summed E-state index contributed by atoms with van der Waals surface area (Å²) >= 11 is -4.16. The number of hydrogen-bond acceptors (Lipinski definition) is 3. The van der Waals surface area contributed by atoms with E-state index in [2.05, 4.69) is 0 Å². The third-order valence-corrected chi connectivity index (χ3v) is 8.12. The highest BCUT2D eigenvalue weighted by molar-refractivity contribution is 6.95. The lowest BCUT2D eigenvalue weighted by atomic mass is 10.3. The summed E-state index contributed by atoms with van der Waals surface area (Å²) in [4.78, 5) is 0. The number of halogens is 6. The van der Waals surface area contributed by atoms with Crippen LogP contribution < -0.4 is 27.5 Å². The largest absolute Gasteiger partial charge is 0.494 e. The molecule has 0 saturated carbocycles. The molecule has 31 heavy (non-hydrogen) atoms. The number of hydrogen-bond donors (Lipinski definition) is 0. The SMILES string of the molecule is COc1ccc(F)[c]([Al]([c]2c(F)ccc(OC)c2F)[c]2c(F)ccc(OC)c2F)c1F. The fraction of sp³-hybridized carbons (Fsp3) is 0.143. The first-order valence-electron chi connectivity index (χ1n) is 8.82. The Balaban J connectivity index is 2.51. The smallest absolute Gasteiger partial charge is 0.412 e. The van der Waals surface area contributed by atoms with Crippen LogP contribution >= 0.6 is 0 Å². The van der Waals surface area contributed by atoms with Crippen LogP contribution in [0, 0.1) is 34.9 Å². The Bertz CT molecular complexity index is 997. The summed E-state index contributed by atoms with van der Waals surface area (Å²) in [5, 5.41) is 0. The first-order chi connectivity index (χ1) is 14.8. The molecule has 0 amide bonds. The van der Waals surface area contributed by atoms with Gasteiger partial charge in [0.15, 0.2) is 34.7 Å². The fourth-order valence-electron chi connectivity index (χ4n) is 3.35. The van der Waals surface area contributed by atoms with Crippen molar-refractivity contribution in [2.24, 2.45) is 0 Å². The number of benzene rings is 3. The Morgan fingerprint density at radius 2 is 0.742 bits per heavy atom. The highest BCUT2D eigenvalue weighted by atomic mass is 27.2. The zero-order valence-corrected chi connectivity index (χ0v) is 17.7. The summed E-state index contributed by atoms with van der Waals surface area (Å²) in [6.07, 6.45) is 0. The van der Waals surface area contributed by atoms with Gasteiger partial charge in [-0.1, -0.05) is 0 Å². The Kier molecular flexibility index (Phi) is 6.72. The van der Waals surface area contributed by atoms with Crippen LogP contribution in [0.3, 0.4) is 0 Å². The first-order valence-corrected chi connectivity index (χ1v) is 10.6. The quantitative estimate of drug-likeness (QED) is 0.422. The highest BCUT2D eigenvalue weighted by Crippen LogP contribution is 2.23. The summed E-state index contributed by atoms with van der Waals surface area (Å²) in [5.41, 5.74) is 0. The molecular weight excluding hydrogens is 441 g/mol. The van der Waals surface area contributed by atoms with Crippen molar-refractivity contribution in [2.45, 2.75) is 0 Å². The lowest BCUT2D eigenvalue weighted by Gasteiger charge is -2.20. The second-order valence-electron chi connectivity index (χ2n) is 6.36. The van der Waals surface area contributed by atoms with Gasteiger partial charge in [0.2, 0.25) is 0 Å². The summed E-state index contributed by atoms with van der Waals surface area (Å²) in [6.45, 7) is 0. The fourth-order valence-corrected chi connectivity index (χ4v) is 6.52. The summed E-state index contributed by atoms with van der Waals surface area (Å²) < 4.78 is 102. The molecule has 0 fully saturated rings. The van der Waals surface area contributed by atoms with Crippen molar-refractivity contribution in [1.82, 2.24) is 0 Å². The summed E-state index contributed by atoms with van der Waals surface area (Å²) in [5.74, 6) is -9.04. The molecule has 0 radical (unpaired) electrons. The van der Waals surface area contributed by atoms with E-state index in [9.17, 15) is 13.2 Å². The van der Waals surface area contributed by atoms with Gasteiger partial charge in [0.1, 0.15) is 17.5 Å². The molecule has 3 rings (SSSR count). The van der Waals surface area contributed by atoms with Gasteiger partial charge >= 0.3 is 14.1 Å². The normalized spacial score (nSPS) is 10.7. The third kappa shape index (κ3) is 3.93. The van der Waals surface area contributed by atoms with Crippen LogP contribution in [0.15, 0.2) is 36.4 Å². The van der Waals surface area contributed by atoms with Crippen LogP contribution in [0.5, 0.6) is 17.2 Å². The Morgan fingerprint density at radius 3 is 0.968 bits per heavy atom. The molecule has 0 atom stereocenters. The van der Waals surface area contributed by atoms with Crippen molar-refractivity contribution in [2.75, 3.05) is 21.3 Å². The van der Waals surface area contributed by atoms with Crippen LogP contribution in [-0.4, -0.2) is 35.5 Å². The second-order valence-corrected chi connectivity index (χ2v) is 8.96. The van der Waals surface area contributed by atoms with E-state index in [0.717, 1.165) is 57.7 Å². The molecule has 10 heteroatoms. The molecule has 0 aliphatic carbocycles. The van der Waals surface area contributed by atoms with Crippen molar-refractivity contribution in [3.05, 3.63) is 71.3 Å². The van der Waals surface area contributed by atoms with Crippen LogP contribution in [0.4, 0.5) is 26.3 Å². The average Bonchev–Trinajstić information content (AvgIpc) is 2.74. The number of methoxy groups -OCH3 is 3. The van der Waals surface area contributed by atoms with Crippen LogP contribution in [0.1, 0.15) is 0 Å². The average molecular weight is 456 g/mol. The van der Waals surface area contributed by atoms with Gasteiger partial charge in [-0.2, -0.15) is 0 Å². The van der Waals surface area contributed by atoms with Gasteiger partial charge in [0.05, 0.1) is 21.3 Å². The van der Waals surface area contributed by atoms with E-state index in [0.29, 0.717) is 0 Å². The van der Waals surface area contributed by atoms with Crippen molar-refractivity contribution in [1.29, 1.82) is 0 Å². The topological polar surface area (TPSA) is 27.7 Å². The van der Waals surface area contributed by atoms with E-state index < -0.39 is 79.6 Å². The zero-order valence-electron chi connectivity index (χ0n) is 16.5. The molecule has 0 aromatic heterocycles. The van der Waals surface area contributed by atoms with Crippen LogP contribution in [0.25, 0.3) is 0 Å². The van der Waals surface area contributed by atoms with Gasteiger partial charge in [-0.3, -0.25) is 0 Å². The van der Waals surface area contributed by atoms with Crippen LogP contribution in [0.2, 0.25) is 0 Å². The second kappa shape index (κ2) is 9.12. The molecule has 0 heterocycles. The van der Waals surface area contributed by atoms with Gasteiger partial charge in [-0.15, -0.1) is 0 Å². The third-order valence-electron chi connectivity index (χ3n) is 4.80. The standard InChI is InChI=1S/3C7H5F2O.Al/c3*1-10-7-3-2-5(8)4-6(7)9;/h3*2-3H,1H3;. The maximum Gasteiger partial charge on any atom is 0.412 e. The van der Waals surface area contributed by atoms with Gasteiger partial charge in [0, 0.05) is 0 Å². The highest BCUT2D eigenvalue weighted by Gasteiger charge is 2.42. The van der Waals surface area contributed by atoms with Gasteiger partial charge in [0.25, 0.3) is 0 Å². The minimum absolute atomic E-state index is 0.457. The molecule has 0 unspecified atom stereocenters. The molecule has 0 N–H and O–H groups in total. The van der Waals surface area contributed by atoms with Gasteiger partial charge in [-0.25, -0.2) is 26.3 Å². The molecule has 3 nitrogen and oxygen atoms in total. The van der Waals surface area contributed by atoms with E-state index in [1.54, 1.807) is 0 Å². The maximum atomic E-state index is 15.2. The van der Waals surface area contributed by atoms with E-state index in [1.165, 1.54) is 0 Å². The molecule has 0 aliphatic rings. The Hall–Kier alpha value is -2.83. The van der Waals surface area contributed by atoms with Gasteiger partial charge < -0.3 is 14.2 Å². The zero-order chi connectivity index (χ0) is 22.9. The molecule has 0 saturated heterocycles. The molecule has 3 aromatic rings. The molecular formula is C21H15AlF6O3. The van der Waals surface area contributed by atoms with Crippen LogP contribution in [-0.2, 0) is 0 Å². The van der Waals surface area contributed by atoms with Crippen molar-refractivity contribution < 1.29 is 40.6 Å². The van der Waals surface area contributed by atoms with Crippen molar-refractivity contribution in [3.63, 3.8) is 0 Å². The molecule has 162 valence electrons. The van der Waals surface area contributed by atoms with E-state index in [4.69, 9.17) is 14.2 Å². The predicted octanol–water partition coefficient (Wildman–Crippen LogP) is 3.06. The van der Waals surface area contributed by atoms with E-state index in [-0.39, 0.29) is 0 Å². The minimum atomic E-state index is -4.16. The first kappa shape index (κ1) is 22.8. The molecule has 3 aromatic carbocycles. The number of rotatable bonds is 6. The maximum absolute atomic E-state index is 15.2. The van der Waals surface area contributed by atoms with Gasteiger partial charge in [-0.05, 0) is 49.7 Å². The Morgan fingerprint density at radius 1 is 0.484 bits per heavy atom. The lowest BCUT2D eigenvalue weighted by Crippen LogP contribution is -2.59. The predicted molar refractivity (Wildman–Crippen MR) is 103 cm³/mol. The minimum Gasteiger partial charge on any atom is -0.494 e. The molecule has 0 bridgehead atoms. The van der Waals surface area contributed by atoms with E-state index >= 15 is 13.2 Å². The Labute approximate surface area is 178 Å². The molecule has 0 spiro atoms. The number of ether oxygens (including phenoxy) is 3. The summed E-state index contributed by atoms with van der Waals surface area (Å²) in [6, 6.07) is 5.25. The molecule has 0 aliphatic heterocycles.